The zero-order valence-electron chi connectivity index (χ0n) is 21.1. The Balaban J connectivity index is 1.69. The summed E-state index contributed by atoms with van der Waals surface area (Å²) in [4.78, 5) is 24.0. The number of nitrogens with zero attached hydrogens (tertiary/aromatic N) is 3. The number of morpholine rings is 1. The van der Waals surface area contributed by atoms with Gasteiger partial charge in [0.2, 0.25) is 0 Å². The molecule has 1 aromatic heterocycles. The van der Waals surface area contributed by atoms with Crippen LogP contribution in [0.25, 0.3) is 11.4 Å². The predicted octanol–water partition coefficient (Wildman–Crippen LogP) is 4.02. The molecule has 1 aliphatic carbocycles. The lowest BCUT2D eigenvalue weighted by Crippen LogP contribution is -2.45. The van der Waals surface area contributed by atoms with Crippen molar-refractivity contribution < 1.29 is 23.7 Å². The maximum absolute atomic E-state index is 12.1. The van der Waals surface area contributed by atoms with Crippen molar-refractivity contribution in [2.24, 2.45) is 0 Å². The van der Waals surface area contributed by atoms with Crippen LogP contribution in [-0.2, 0) is 9.48 Å². The van der Waals surface area contributed by atoms with Crippen LogP contribution in [0.15, 0.2) is 30.3 Å². The molecule has 2 fully saturated rings. The van der Waals surface area contributed by atoms with E-state index in [0.717, 1.165) is 17.8 Å². The summed E-state index contributed by atoms with van der Waals surface area (Å²) in [5.41, 5.74) is 2.03. The van der Waals surface area contributed by atoms with E-state index in [4.69, 9.17) is 19.8 Å². The first-order valence-electron chi connectivity index (χ1n) is 12.5. The molecule has 1 saturated heterocycles. The molecule has 1 saturated carbocycles. The normalized spacial score (nSPS) is 20.8. The molecule has 1 aliphatic heterocycles. The number of benzene rings is 1. The van der Waals surface area contributed by atoms with Gasteiger partial charge in [-0.15, -0.1) is 0 Å². The molecule has 11 heteroatoms. The van der Waals surface area contributed by atoms with Gasteiger partial charge in [0, 0.05) is 29.6 Å². The molecule has 0 spiro atoms. The molecule has 0 radical (unpaired) electrons. The Bertz CT molecular complexity index is 1060. The van der Waals surface area contributed by atoms with E-state index in [0.29, 0.717) is 49.8 Å². The largest absolute Gasteiger partial charge is 0.394 e. The van der Waals surface area contributed by atoms with Crippen molar-refractivity contribution in [3.63, 3.8) is 0 Å². The minimum atomic E-state index is -2.87. The van der Waals surface area contributed by atoms with Crippen LogP contribution in [0.2, 0.25) is 0 Å². The maximum atomic E-state index is 12.1. The monoisotopic (exact) mass is 519 g/mol. The summed E-state index contributed by atoms with van der Waals surface area (Å²) in [5.74, 6) is 1.54. The van der Waals surface area contributed by atoms with Crippen LogP contribution in [0, 0.1) is 0 Å². The Morgan fingerprint density at radius 1 is 1.28 bits per heavy atom. The van der Waals surface area contributed by atoms with Crippen LogP contribution in [-0.4, -0.2) is 74.4 Å². The fraction of sp³-hybridized carbons (Fsp3) is 0.560. The lowest BCUT2D eigenvalue weighted by Gasteiger charge is -2.55. The molecule has 5 N–H and O–H groups in total. The number of ether oxygens (including phenoxy) is 1. The average molecular weight is 520 g/mol. The summed E-state index contributed by atoms with van der Waals surface area (Å²) in [7, 11) is -2.87. The van der Waals surface area contributed by atoms with Gasteiger partial charge in [0.25, 0.3) is 0 Å². The molecule has 0 bridgehead atoms. The number of hydrogen-bond acceptors (Lipinski definition) is 8. The smallest absolute Gasteiger partial charge is 0.319 e. The highest BCUT2D eigenvalue weighted by molar-refractivity contribution is 8.25. The number of amides is 2. The van der Waals surface area contributed by atoms with E-state index in [1.165, 1.54) is 0 Å². The molecule has 0 unspecified atom stereocenters. The Kier molecular flexibility index (Phi) is 8.06. The van der Waals surface area contributed by atoms with E-state index in [1.807, 2.05) is 25.1 Å². The summed E-state index contributed by atoms with van der Waals surface area (Å²) in [6.45, 7) is 7.36. The first-order valence-corrected chi connectivity index (χ1v) is 14.2. The van der Waals surface area contributed by atoms with Crippen LogP contribution >= 0.6 is 10.6 Å². The number of carbonyl (C=O) groups is 1. The van der Waals surface area contributed by atoms with Crippen LogP contribution in [0.1, 0.15) is 45.7 Å². The third-order valence-corrected chi connectivity index (χ3v) is 9.76. The number of rotatable bonds is 8. The van der Waals surface area contributed by atoms with Gasteiger partial charge in [0.1, 0.15) is 10.6 Å². The van der Waals surface area contributed by atoms with Gasteiger partial charge in [-0.05, 0) is 64.3 Å². The Hall–Kier alpha value is -2.44. The number of nitrogens with one attached hydrogen (secondary N) is 2. The molecule has 1 aromatic carbocycles. The molecular formula is C25H37N5O5S. The van der Waals surface area contributed by atoms with Crippen molar-refractivity contribution in [2.45, 2.75) is 56.9 Å². The van der Waals surface area contributed by atoms with Crippen molar-refractivity contribution >= 4 is 28.1 Å². The van der Waals surface area contributed by atoms with Crippen molar-refractivity contribution in [1.29, 1.82) is 0 Å². The number of aromatic nitrogens is 2. The zero-order chi connectivity index (χ0) is 25.9. The van der Waals surface area contributed by atoms with Crippen molar-refractivity contribution in [1.82, 2.24) is 15.3 Å². The molecule has 4 rings (SSSR count). The topological polar surface area (TPSA) is 140 Å². The lowest BCUT2D eigenvalue weighted by molar-refractivity contribution is 0.0985. The summed E-state index contributed by atoms with van der Waals surface area (Å²) in [5, 5.41) is 14.5. The van der Waals surface area contributed by atoms with E-state index in [-0.39, 0.29) is 24.4 Å². The molecule has 2 atom stereocenters. The number of aliphatic hydroxyl groups excluding tert-OH is 1. The molecular weight excluding hydrogens is 482 g/mol. The second-order valence-electron chi connectivity index (χ2n) is 9.62. The molecule has 2 aromatic rings. The number of urea groups is 1. The molecule has 198 valence electrons. The standard InChI is InChI=1S/C25H37N5O5S/c1-4-36(33,34)25(10-5-11-25)21-14-22(30-12-13-35-16-18(30)3)29-23(28-21)19-6-8-20(9-7-19)27-24(32)26-17(2)15-31/h6-9,14,17-18,31,33-34H,4-5,10-13,15-16H2,1-3H3,(H2,26,27,32)/t17-,18-/m0/s1. The highest BCUT2D eigenvalue weighted by Crippen LogP contribution is 2.67. The quantitative estimate of drug-likeness (QED) is 0.352. The van der Waals surface area contributed by atoms with Gasteiger partial charge in [-0.3, -0.25) is 9.11 Å². The third-order valence-electron chi connectivity index (χ3n) is 7.08. The van der Waals surface area contributed by atoms with Crippen LogP contribution in [0.3, 0.4) is 0 Å². The van der Waals surface area contributed by atoms with Gasteiger partial charge < -0.3 is 25.4 Å². The molecule has 2 aliphatic rings. The van der Waals surface area contributed by atoms with E-state index < -0.39 is 21.4 Å². The predicted molar refractivity (Wildman–Crippen MR) is 143 cm³/mol. The molecule has 10 nitrogen and oxygen atoms in total. The first kappa shape index (κ1) is 26.6. The number of aliphatic hydroxyl groups is 1. The highest BCUT2D eigenvalue weighted by atomic mass is 32.3. The highest BCUT2D eigenvalue weighted by Gasteiger charge is 2.50. The van der Waals surface area contributed by atoms with Gasteiger partial charge in [0.15, 0.2) is 5.82 Å². The summed E-state index contributed by atoms with van der Waals surface area (Å²) >= 11 is 0. The Morgan fingerprint density at radius 3 is 2.58 bits per heavy atom. The number of carbonyl (C=O) groups excluding carboxylic acids is 1. The van der Waals surface area contributed by atoms with Crippen LogP contribution < -0.4 is 15.5 Å². The molecule has 2 heterocycles. The maximum Gasteiger partial charge on any atom is 0.319 e. The van der Waals surface area contributed by atoms with E-state index in [9.17, 15) is 13.9 Å². The second-order valence-corrected chi connectivity index (χ2v) is 12.3. The van der Waals surface area contributed by atoms with Crippen molar-refractivity contribution in [3.8, 4) is 11.4 Å². The summed E-state index contributed by atoms with van der Waals surface area (Å²) < 4.78 is 26.9. The zero-order valence-corrected chi connectivity index (χ0v) is 21.9. The van der Waals surface area contributed by atoms with Crippen LogP contribution in [0.4, 0.5) is 16.3 Å². The van der Waals surface area contributed by atoms with Gasteiger partial charge in [-0.2, -0.15) is 10.6 Å². The van der Waals surface area contributed by atoms with E-state index >= 15 is 0 Å². The van der Waals surface area contributed by atoms with Gasteiger partial charge in [-0.25, -0.2) is 14.8 Å². The fourth-order valence-corrected chi connectivity index (χ4v) is 6.61. The number of hydrogen-bond donors (Lipinski definition) is 5. The minimum absolute atomic E-state index is 0.129. The van der Waals surface area contributed by atoms with Crippen molar-refractivity contribution in [2.75, 3.05) is 42.3 Å². The molecule has 2 amide bonds. The summed E-state index contributed by atoms with van der Waals surface area (Å²) in [6.07, 6.45) is 2.29. The van der Waals surface area contributed by atoms with Crippen LogP contribution in [0.5, 0.6) is 0 Å². The SMILES string of the molecule is CCS(O)(O)C1(c2cc(N3CCOC[C@@H]3C)nc(-c3ccc(NC(=O)N[C@@H](C)CO)cc3)n2)CCC1. The second kappa shape index (κ2) is 10.9. The lowest BCUT2D eigenvalue weighted by atomic mass is 9.81. The average Bonchev–Trinajstić information content (AvgIpc) is 2.83. The van der Waals surface area contributed by atoms with E-state index in [1.54, 1.807) is 19.1 Å². The number of anilines is 2. The Labute approximate surface area is 213 Å². The van der Waals surface area contributed by atoms with Crippen molar-refractivity contribution in [3.05, 3.63) is 36.0 Å². The first-order chi connectivity index (χ1) is 17.2. The molecule has 36 heavy (non-hydrogen) atoms. The Morgan fingerprint density at radius 2 is 2.00 bits per heavy atom. The van der Waals surface area contributed by atoms with E-state index in [2.05, 4.69) is 22.5 Å². The van der Waals surface area contributed by atoms with Gasteiger partial charge in [0.05, 0.1) is 37.6 Å². The third kappa shape index (κ3) is 5.30. The minimum Gasteiger partial charge on any atom is -0.394 e. The fourth-order valence-electron chi connectivity index (χ4n) is 4.68. The summed E-state index contributed by atoms with van der Waals surface area (Å²) in [6, 6.07) is 8.51. The van der Waals surface area contributed by atoms with Gasteiger partial charge >= 0.3 is 6.03 Å². The van der Waals surface area contributed by atoms with Gasteiger partial charge in [-0.1, -0.05) is 0 Å².